The first-order valence-corrected chi connectivity index (χ1v) is 10.4. The Hall–Kier alpha value is -2.51. The number of piperidine rings is 1. The van der Waals surface area contributed by atoms with Gasteiger partial charge in [-0.25, -0.2) is 9.97 Å². The maximum absolute atomic E-state index is 12.8. The van der Waals surface area contributed by atoms with Crippen molar-refractivity contribution >= 4 is 22.9 Å². The monoisotopic (exact) mass is 395 g/mol. The molecule has 28 heavy (non-hydrogen) atoms. The number of aryl methyl sites for hydroxylation is 2. The number of nitrogens with one attached hydrogen (secondary N) is 1. The molecule has 1 atom stereocenters. The number of carbonyl (C=O) groups excluding carboxylic acids is 1. The number of carbonyl (C=O) groups is 1. The van der Waals surface area contributed by atoms with E-state index in [0.717, 1.165) is 54.7 Å². The van der Waals surface area contributed by atoms with Gasteiger partial charge in [-0.3, -0.25) is 9.69 Å². The molecule has 0 saturated carbocycles. The maximum atomic E-state index is 12.8. The van der Waals surface area contributed by atoms with Crippen LogP contribution < -0.4 is 5.32 Å². The number of hydrogen-bond acceptors (Lipinski definition) is 5. The van der Waals surface area contributed by atoms with Crippen molar-refractivity contribution in [3.8, 4) is 5.69 Å². The first kappa shape index (κ1) is 18.8. The van der Waals surface area contributed by atoms with Crippen LogP contribution in [0.1, 0.15) is 28.6 Å². The number of amides is 1. The first-order valence-electron chi connectivity index (χ1n) is 9.63. The molecule has 3 heterocycles. The smallest absolute Gasteiger partial charge is 0.228 e. The lowest BCUT2D eigenvalue weighted by Crippen LogP contribution is -2.40. The Bertz CT molecular complexity index is 946. The fraction of sp³-hybridized carbons (Fsp3) is 0.381. The van der Waals surface area contributed by atoms with E-state index in [1.165, 1.54) is 4.88 Å². The molecule has 1 aliphatic heterocycles. The van der Waals surface area contributed by atoms with Crippen molar-refractivity contribution in [1.82, 2.24) is 19.4 Å². The summed E-state index contributed by atoms with van der Waals surface area (Å²) in [5.41, 5.74) is 1.87. The molecule has 3 aromatic rings. The summed E-state index contributed by atoms with van der Waals surface area (Å²) in [5.74, 6) is 1.07. The van der Waals surface area contributed by atoms with Crippen LogP contribution in [0.3, 0.4) is 0 Å². The van der Waals surface area contributed by atoms with Crippen molar-refractivity contribution in [2.24, 2.45) is 5.92 Å². The third-order valence-corrected chi connectivity index (χ3v) is 6.06. The molecule has 0 aliphatic carbocycles. The summed E-state index contributed by atoms with van der Waals surface area (Å²) < 4.78 is 2.02. The van der Waals surface area contributed by atoms with Crippen LogP contribution in [0.15, 0.2) is 42.9 Å². The third-order valence-electron chi connectivity index (χ3n) is 5.16. The third kappa shape index (κ3) is 4.31. The highest BCUT2D eigenvalue weighted by Crippen LogP contribution is 2.23. The molecule has 146 valence electrons. The lowest BCUT2D eigenvalue weighted by atomic mass is 9.97. The van der Waals surface area contributed by atoms with Crippen LogP contribution in [-0.2, 0) is 11.3 Å². The summed E-state index contributed by atoms with van der Waals surface area (Å²) in [6.07, 6.45) is 7.66. The molecular weight excluding hydrogens is 370 g/mol. The largest absolute Gasteiger partial charge is 0.326 e. The van der Waals surface area contributed by atoms with E-state index in [1.807, 2.05) is 55.1 Å². The number of rotatable bonds is 5. The minimum absolute atomic E-state index is 0.0262. The molecule has 1 aliphatic rings. The molecule has 0 spiro atoms. The van der Waals surface area contributed by atoms with Crippen molar-refractivity contribution in [1.29, 1.82) is 0 Å². The molecule has 7 heteroatoms. The fourth-order valence-electron chi connectivity index (χ4n) is 3.71. The van der Waals surface area contributed by atoms with E-state index >= 15 is 0 Å². The summed E-state index contributed by atoms with van der Waals surface area (Å²) in [6, 6.07) is 7.91. The van der Waals surface area contributed by atoms with Gasteiger partial charge in [-0.2, -0.15) is 0 Å². The van der Waals surface area contributed by atoms with Crippen LogP contribution in [0, 0.1) is 19.8 Å². The lowest BCUT2D eigenvalue weighted by molar-refractivity contribution is -0.121. The quantitative estimate of drug-likeness (QED) is 0.714. The number of hydrogen-bond donors (Lipinski definition) is 1. The minimum Gasteiger partial charge on any atom is -0.326 e. The summed E-state index contributed by atoms with van der Waals surface area (Å²) in [7, 11) is 0. The van der Waals surface area contributed by atoms with Gasteiger partial charge in [0, 0.05) is 47.9 Å². The molecule has 1 unspecified atom stereocenters. The van der Waals surface area contributed by atoms with Crippen LogP contribution in [-0.4, -0.2) is 38.4 Å². The second kappa shape index (κ2) is 8.24. The number of aromatic nitrogens is 3. The number of imidazole rings is 1. The van der Waals surface area contributed by atoms with E-state index in [4.69, 9.17) is 0 Å². The second-order valence-electron chi connectivity index (χ2n) is 7.30. The summed E-state index contributed by atoms with van der Waals surface area (Å²) >= 11 is 1.73. The van der Waals surface area contributed by atoms with Gasteiger partial charge in [0.1, 0.15) is 5.82 Å². The normalized spacial score (nSPS) is 17.6. The molecule has 6 nitrogen and oxygen atoms in total. The Balaban J connectivity index is 1.35. The molecule has 0 bridgehead atoms. The van der Waals surface area contributed by atoms with Gasteiger partial charge in [0.2, 0.25) is 5.91 Å². The number of likely N-dealkylation sites (tertiary alicyclic amines) is 1. The highest BCUT2D eigenvalue weighted by Gasteiger charge is 2.26. The van der Waals surface area contributed by atoms with Gasteiger partial charge in [0.25, 0.3) is 0 Å². The Kier molecular flexibility index (Phi) is 5.54. The van der Waals surface area contributed by atoms with Crippen molar-refractivity contribution in [2.45, 2.75) is 33.2 Å². The summed E-state index contributed by atoms with van der Waals surface area (Å²) in [5, 5.41) is 4.18. The summed E-state index contributed by atoms with van der Waals surface area (Å²) in [6.45, 7) is 6.72. The number of nitrogens with zero attached hydrogens (tertiary/aromatic N) is 4. The zero-order valence-corrected chi connectivity index (χ0v) is 17.1. The predicted molar refractivity (Wildman–Crippen MR) is 112 cm³/mol. The Morgan fingerprint density at radius 1 is 1.25 bits per heavy atom. The second-order valence-corrected chi connectivity index (χ2v) is 8.62. The topological polar surface area (TPSA) is 63.1 Å². The first-order chi connectivity index (χ1) is 13.6. The van der Waals surface area contributed by atoms with E-state index in [1.54, 1.807) is 17.5 Å². The fourth-order valence-corrected chi connectivity index (χ4v) is 4.55. The van der Waals surface area contributed by atoms with E-state index in [0.29, 0.717) is 0 Å². The molecule has 1 saturated heterocycles. The SMILES string of the molecule is Cc1ncc(CN2CCCC(C(=O)Nc3ccc(-n4ccnc4C)cc3)C2)s1. The van der Waals surface area contributed by atoms with E-state index in [9.17, 15) is 4.79 Å². The number of anilines is 1. The van der Waals surface area contributed by atoms with Crippen LogP contribution in [0.2, 0.25) is 0 Å². The molecule has 1 N–H and O–H groups in total. The van der Waals surface area contributed by atoms with E-state index in [-0.39, 0.29) is 11.8 Å². The average Bonchev–Trinajstić information content (AvgIpc) is 3.30. The zero-order valence-electron chi connectivity index (χ0n) is 16.3. The predicted octanol–water partition coefficient (Wildman–Crippen LogP) is 3.80. The summed E-state index contributed by atoms with van der Waals surface area (Å²) in [4.78, 5) is 25.0. The van der Waals surface area contributed by atoms with Gasteiger partial charge in [0.15, 0.2) is 0 Å². The highest BCUT2D eigenvalue weighted by atomic mass is 32.1. The molecule has 0 radical (unpaired) electrons. The van der Waals surface area contributed by atoms with Gasteiger partial charge >= 0.3 is 0 Å². The van der Waals surface area contributed by atoms with Crippen LogP contribution in [0.25, 0.3) is 5.69 Å². The lowest BCUT2D eigenvalue weighted by Gasteiger charge is -2.31. The Labute approximate surface area is 169 Å². The standard InChI is InChI=1S/C21H25N5OS/c1-15-22-9-11-26(15)19-7-5-18(6-8-19)24-21(27)17-4-3-10-25(13-17)14-20-12-23-16(2)28-20/h5-9,11-12,17H,3-4,10,13-14H2,1-2H3,(H,24,27). The van der Waals surface area contributed by atoms with Gasteiger partial charge in [-0.1, -0.05) is 0 Å². The zero-order chi connectivity index (χ0) is 19.5. The maximum Gasteiger partial charge on any atom is 0.228 e. The Morgan fingerprint density at radius 2 is 2.07 bits per heavy atom. The number of thiazole rings is 1. The van der Waals surface area contributed by atoms with Crippen LogP contribution in [0.4, 0.5) is 5.69 Å². The molecule has 1 amide bonds. The molecule has 4 rings (SSSR count). The molecular formula is C21H25N5OS. The molecule has 1 aromatic carbocycles. The minimum atomic E-state index is 0.0262. The number of benzene rings is 1. The van der Waals surface area contributed by atoms with Crippen molar-refractivity contribution in [3.63, 3.8) is 0 Å². The highest BCUT2D eigenvalue weighted by molar-refractivity contribution is 7.11. The van der Waals surface area contributed by atoms with Crippen molar-refractivity contribution in [2.75, 3.05) is 18.4 Å². The van der Waals surface area contributed by atoms with E-state index in [2.05, 4.69) is 20.2 Å². The van der Waals surface area contributed by atoms with Gasteiger partial charge < -0.3 is 9.88 Å². The molecule has 1 fully saturated rings. The molecule has 2 aromatic heterocycles. The van der Waals surface area contributed by atoms with Gasteiger partial charge in [0.05, 0.1) is 10.9 Å². The van der Waals surface area contributed by atoms with Gasteiger partial charge in [-0.05, 0) is 57.5 Å². The Morgan fingerprint density at radius 3 is 2.75 bits per heavy atom. The van der Waals surface area contributed by atoms with Crippen LogP contribution in [0.5, 0.6) is 0 Å². The van der Waals surface area contributed by atoms with Gasteiger partial charge in [-0.15, -0.1) is 11.3 Å². The van der Waals surface area contributed by atoms with E-state index < -0.39 is 0 Å². The van der Waals surface area contributed by atoms with Crippen LogP contribution >= 0.6 is 11.3 Å². The average molecular weight is 396 g/mol. The van der Waals surface area contributed by atoms with Crippen molar-refractivity contribution < 1.29 is 4.79 Å². The van der Waals surface area contributed by atoms with Crippen molar-refractivity contribution in [3.05, 3.63) is 58.6 Å².